The van der Waals surface area contributed by atoms with Gasteiger partial charge in [0.2, 0.25) is 11.8 Å². The fourth-order valence-corrected chi connectivity index (χ4v) is 4.71. The highest BCUT2D eigenvalue weighted by molar-refractivity contribution is 9.10. The Kier molecular flexibility index (Phi) is 10.2. The van der Waals surface area contributed by atoms with Crippen LogP contribution in [0.4, 0.5) is 10.1 Å². The summed E-state index contributed by atoms with van der Waals surface area (Å²) in [6.45, 7) is 4.93. The SMILES string of the molecule is CC[C@H](C)NC(=O)[C@@H](C)N(Cc1cccc(Br)c1)C(=O)CN(c1ccc(F)cc1)S(=O)(=O)N(C)C. The Labute approximate surface area is 215 Å². The van der Waals surface area contributed by atoms with E-state index in [4.69, 9.17) is 0 Å². The Morgan fingerprint density at radius 1 is 1.09 bits per heavy atom. The van der Waals surface area contributed by atoms with Crippen molar-refractivity contribution in [1.82, 2.24) is 14.5 Å². The number of carbonyl (C=O) groups is 2. The van der Waals surface area contributed by atoms with Crippen molar-refractivity contribution in [2.45, 2.75) is 45.8 Å². The van der Waals surface area contributed by atoms with E-state index in [1.807, 2.05) is 38.1 Å². The maximum atomic E-state index is 13.6. The first-order valence-electron chi connectivity index (χ1n) is 11.2. The molecule has 192 valence electrons. The zero-order chi connectivity index (χ0) is 26.3. The molecule has 0 saturated carbocycles. The van der Waals surface area contributed by atoms with E-state index in [1.165, 1.54) is 31.1 Å². The zero-order valence-electron chi connectivity index (χ0n) is 20.5. The van der Waals surface area contributed by atoms with Gasteiger partial charge in [-0.25, -0.2) is 8.70 Å². The van der Waals surface area contributed by atoms with Crippen LogP contribution >= 0.6 is 15.9 Å². The maximum Gasteiger partial charge on any atom is 0.304 e. The van der Waals surface area contributed by atoms with Gasteiger partial charge < -0.3 is 10.2 Å². The van der Waals surface area contributed by atoms with E-state index in [-0.39, 0.29) is 24.2 Å². The molecular formula is C24H32BrFN4O4S. The Hall–Kier alpha value is -2.50. The molecule has 0 unspecified atom stereocenters. The van der Waals surface area contributed by atoms with Gasteiger partial charge in [0.1, 0.15) is 18.4 Å². The lowest BCUT2D eigenvalue weighted by Gasteiger charge is -2.33. The largest absolute Gasteiger partial charge is 0.352 e. The maximum absolute atomic E-state index is 13.6. The molecule has 0 bridgehead atoms. The van der Waals surface area contributed by atoms with Crippen LogP contribution in [0, 0.1) is 5.82 Å². The summed E-state index contributed by atoms with van der Waals surface area (Å²) in [5.41, 5.74) is 0.896. The second-order valence-corrected chi connectivity index (χ2v) is 11.4. The second kappa shape index (κ2) is 12.5. The van der Waals surface area contributed by atoms with Crippen molar-refractivity contribution in [3.05, 3.63) is 64.4 Å². The van der Waals surface area contributed by atoms with Crippen LogP contribution in [0.15, 0.2) is 53.0 Å². The Balaban J connectivity index is 2.44. The van der Waals surface area contributed by atoms with Gasteiger partial charge in [0.05, 0.1) is 5.69 Å². The van der Waals surface area contributed by atoms with E-state index in [0.717, 1.165) is 37.2 Å². The molecule has 2 aromatic rings. The standard InChI is InChI=1S/C24H32BrFN4O4S/c1-6-17(2)27-24(32)18(3)29(15-19-8-7-9-20(25)14-19)23(31)16-30(35(33,34)28(4)5)22-12-10-21(26)11-13-22/h7-14,17-18H,6,15-16H2,1-5H3,(H,27,32)/t17-,18+/m0/s1. The molecule has 0 saturated heterocycles. The van der Waals surface area contributed by atoms with Crippen LogP contribution in [0.25, 0.3) is 0 Å². The van der Waals surface area contributed by atoms with Gasteiger partial charge in [-0.2, -0.15) is 12.7 Å². The number of nitrogens with zero attached hydrogens (tertiary/aromatic N) is 3. The third-order valence-electron chi connectivity index (χ3n) is 5.54. The van der Waals surface area contributed by atoms with E-state index in [1.54, 1.807) is 6.92 Å². The molecule has 0 aliphatic heterocycles. The van der Waals surface area contributed by atoms with Crippen LogP contribution in [0.2, 0.25) is 0 Å². The number of rotatable bonds is 11. The number of benzene rings is 2. The molecule has 11 heteroatoms. The third-order valence-corrected chi connectivity index (χ3v) is 7.86. The molecular weight excluding hydrogens is 539 g/mol. The lowest BCUT2D eigenvalue weighted by atomic mass is 10.1. The van der Waals surface area contributed by atoms with Gasteiger partial charge in [0.25, 0.3) is 0 Å². The van der Waals surface area contributed by atoms with Crippen LogP contribution in [0.3, 0.4) is 0 Å². The molecule has 0 radical (unpaired) electrons. The van der Waals surface area contributed by atoms with E-state index in [9.17, 15) is 22.4 Å². The number of hydrogen-bond donors (Lipinski definition) is 1. The van der Waals surface area contributed by atoms with E-state index in [2.05, 4.69) is 21.2 Å². The Bertz CT molecular complexity index is 1130. The van der Waals surface area contributed by atoms with Crippen molar-refractivity contribution in [3.8, 4) is 0 Å². The fraction of sp³-hybridized carbons (Fsp3) is 0.417. The summed E-state index contributed by atoms with van der Waals surface area (Å²) in [6, 6.07) is 11.2. The first-order valence-corrected chi connectivity index (χ1v) is 13.4. The summed E-state index contributed by atoms with van der Waals surface area (Å²) >= 11 is 3.41. The summed E-state index contributed by atoms with van der Waals surface area (Å²) in [6.07, 6.45) is 0.720. The van der Waals surface area contributed by atoms with E-state index < -0.39 is 34.5 Å². The Morgan fingerprint density at radius 3 is 2.26 bits per heavy atom. The van der Waals surface area contributed by atoms with Gasteiger partial charge in [-0.05, 0) is 62.2 Å². The molecule has 2 aromatic carbocycles. The number of anilines is 1. The predicted molar refractivity (Wildman–Crippen MR) is 138 cm³/mol. The third kappa shape index (κ3) is 7.74. The first kappa shape index (κ1) is 28.7. The van der Waals surface area contributed by atoms with Gasteiger partial charge in [0, 0.05) is 31.2 Å². The molecule has 0 aromatic heterocycles. The first-order chi connectivity index (χ1) is 16.4. The predicted octanol–water partition coefficient (Wildman–Crippen LogP) is 3.53. The quantitative estimate of drug-likeness (QED) is 0.447. The summed E-state index contributed by atoms with van der Waals surface area (Å²) in [5.74, 6) is -1.45. The normalized spacial score (nSPS) is 13.3. The number of hydrogen-bond acceptors (Lipinski definition) is 4. The van der Waals surface area contributed by atoms with Gasteiger partial charge >= 0.3 is 10.2 Å². The van der Waals surface area contributed by atoms with Crippen molar-refractivity contribution in [3.63, 3.8) is 0 Å². The van der Waals surface area contributed by atoms with Crippen LogP contribution in [0.1, 0.15) is 32.8 Å². The van der Waals surface area contributed by atoms with Crippen LogP contribution in [0.5, 0.6) is 0 Å². The van der Waals surface area contributed by atoms with Crippen molar-refractivity contribution < 1.29 is 22.4 Å². The number of carbonyl (C=O) groups excluding carboxylic acids is 2. The topological polar surface area (TPSA) is 90.0 Å². The van der Waals surface area contributed by atoms with E-state index >= 15 is 0 Å². The number of nitrogens with one attached hydrogen (secondary N) is 1. The van der Waals surface area contributed by atoms with Gasteiger partial charge in [-0.1, -0.05) is 35.0 Å². The summed E-state index contributed by atoms with van der Waals surface area (Å²) < 4.78 is 42.3. The minimum absolute atomic E-state index is 0.0856. The van der Waals surface area contributed by atoms with E-state index in [0.29, 0.717) is 0 Å². The molecule has 0 fully saturated rings. The van der Waals surface area contributed by atoms with Crippen molar-refractivity contribution >= 4 is 43.6 Å². The number of halogens is 2. The van der Waals surface area contributed by atoms with Crippen molar-refractivity contribution in [2.75, 3.05) is 24.9 Å². The smallest absolute Gasteiger partial charge is 0.304 e. The lowest BCUT2D eigenvalue weighted by molar-refractivity contribution is -0.139. The average molecular weight is 572 g/mol. The summed E-state index contributed by atoms with van der Waals surface area (Å²) in [7, 11) is -1.40. The highest BCUT2D eigenvalue weighted by atomic mass is 79.9. The molecule has 2 amide bonds. The zero-order valence-corrected chi connectivity index (χ0v) is 22.9. The second-order valence-electron chi connectivity index (χ2n) is 8.42. The van der Waals surface area contributed by atoms with Crippen LogP contribution in [-0.2, 0) is 26.3 Å². The van der Waals surface area contributed by atoms with Crippen molar-refractivity contribution in [1.29, 1.82) is 0 Å². The number of amides is 2. The van der Waals surface area contributed by atoms with Gasteiger partial charge in [-0.15, -0.1) is 0 Å². The average Bonchev–Trinajstić information content (AvgIpc) is 2.80. The van der Waals surface area contributed by atoms with Gasteiger partial charge in [-0.3, -0.25) is 9.59 Å². The Morgan fingerprint density at radius 2 is 1.71 bits per heavy atom. The molecule has 2 rings (SSSR count). The molecule has 1 N–H and O–H groups in total. The molecule has 2 atom stereocenters. The summed E-state index contributed by atoms with van der Waals surface area (Å²) in [5, 5.41) is 2.88. The molecule has 0 heterocycles. The van der Waals surface area contributed by atoms with Crippen molar-refractivity contribution in [2.24, 2.45) is 0 Å². The monoisotopic (exact) mass is 570 g/mol. The fourth-order valence-electron chi connectivity index (χ4n) is 3.20. The molecule has 35 heavy (non-hydrogen) atoms. The molecule has 8 nitrogen and oxygen atoms in total. The van der Waals surface area contributed by atoms with Gasteiger partial charge in [0.15, 0.2) is 0 Å². The highest BCUT2D eigenvalue weighted by Gasteiger charge is 2.32. The lowest BCUT2D eigenvalue weighted by Crippen LogP contribution is -2.53. The molecule has 0 aliphatic carbocycles. The highest BCUT2D eigenvalue weighted by Crippen LogP contribution is 2.22. The van der Waals surface area contributed by atoms with Crippen LogP contribution < -0.4 is 9.62 Å². The molecule has 0 spiro atoms. The van der Waals surface area contributed by atoms with Crippen LogP contribution in [-0.4, -0.2) is 62.2 Å². The summed E-state index contributed by atoms with van der Waals surface area (Å²) in [4.78, 5) is 27.9. The minimum atomic E-state index is -4.09. The molecule has 0 aliphatic rings. The minimum Gasteiger partial charge on any atom is -0.352 e.